The number of likely N-dealkylation sites (tertiary alicyclic amines) is 1. The molecule has 2 saturated heterocycles. The van der Waals surface area contributed by atoms with Crippen LogP contribution in [0.1, 0.15) is 47.4 Å². The highest BCUT2D eigenvalue weighted by atomic mass is 16.8. The molecule has 3 heterocycles. The van der Waals surface area contributed by atoms with E-state index in [1.54, 1.807) is 4.68 Å². The maximum atomic E-state index is 12.9. The van der Waals surface area contributed by atoms with E-state index in [0.717, 1.165) is 42.6 Å². The molecule has 7 nitrogen and oxygen atoms in total. The van der Waals surface area contributed by atoms with Crippen molar-refractivity contribution in [1.29, 1.82) is 0 Å². The molecule has 3 aliphatic rings. The van der Waals surface area contributed by atoms with E-state index < -0.39 is 11.8 Å². The number of cyclic esters (lactones) is 1. The van der Waals surface area contributed by atoms with Gasteiger partial charge in [0.2, 0.25) is 0 Å². The van der Waals surface area contributed by atoms with Gasteiger partial charge in [-0.1, -0.05) is 0 Å². The summed E-state index contributed by atoms with van der Waals surface area (Å²) in [5.74, 6) is 0.0447. The Morgan fingerprint density at radius 2 is 1.96 bits per heavy atom. The molecule has 2 fully saturated rings. The second kappa shape index (κ2) is 5.25. The summed E-state index contributed by atoms with van der Waals surface area (Å²) in [6.45, 7) is 1.46. The van der Waals surface area contributed by atoms with Gasteiger partial charge in [0.05, 0.1) is 5.69 Å². The van der Waals surface area contributed by atoms with Crippen molar-refractivity contribution in [1.82, 2.24) is 14.7 Å². The minimum atomic E-state index is -0.592. The first-order chi connectivity index (χ1) is 11.1. The van der Waals surface area contributed by atoms with Crippen LogP contribution < -0.4 is 0 Å². The fourth-order valence-electron chi connectivity index (χ4n) is 3.89. The quantitative estimate of drug-likeness (QED) is 0.732. The lowest BCUT2D eigenvalue weighted by molar-refractivity contribution is 0.00248. The summed E-state index contributed by atoms with van der Waals surface area (Å²) in [6.07, 6.45) is 4.84. The Morgan fingerprint density at radius 3 is 2.65 bits per heavy atom. The van der Waals surface area contributed by atoms with Gasteiger partial charge in [0.1, 0.15) is 12.3 Å². The summed E-state index contributed by atoms with van der Waals surface area (Å²) in [4.78, 5) is 26.0. The monoisotopic (exact) mass is 319 g/mol. The Bertz CT molecular complexity index is 659. The van der Waals surface area contributed by atoms with E-state index in [-0.39, 0.29) is 5.91 Å². The maximum Gasteiger partial charge on any atom is 0.509 e. The molecule has 1 aliphatic carbocycles. The van der Waals surface area contributed by atoms with Crippen LogP contribution in [0.15, 0.2) is 0 Å². The third-order valence-corrected chi connectivity index (χ3v) is 5.24. The molecule has 1 aromatic heterocycles. The maximum absolute atomic E-state index is 12.9. The predicted molar refractivity (Wildman–Crippen MR) is 80.2 cm³/mol. The van der Waals surface area contributed by atoms with E-state index >= 15 is 0 Å². The van der Waals surface area contributed by atoms with Crippen molar-refractivity contribution in [3.63, 3.8) is 0 Å². The Balaban J connectivity index is 1.51. The van der Waals surface area contributed by atoms with Gasteiger partial charge < -0.3 is 14.4 Å². The fraction of sp³-hybridized carbons (Fsp3) is 0.688. The largest absolute Gasteiger partial charge is 0.509 e. The molecule has 0 aromatic carbocycles. The van der Waals surface area contributed by atoms with E-state index in [0.29, 0.717) is 32.5 Å². The molecule has 0 unspecified atom stereocenters. The van der Waals surface area contributed by atoms with Crippen LogP contribution >= 0.6 is 0 Å². The van der Waals surface area contributed by atoms with Crippen molar-refractivity contribution in [2.75, 3.05) is 19.7 Å². The van der Waals surface area contributed by atoms with Crippen LogP contribution in [-0.2, 0) is 29.4 Å². The van der Waals surface area contributed by atoms with Crippen LogP contribution in [-0.4, -0.2) is 52.0 Å². The van der Waals surface area contributed by atoms with Gasteiger partial charge in [0.15, 0.2) is 5.60 Å². The van der Waals surface area contributed by atoms with Gasteiger partial charge >= 0.3 is 6.16 Å². The summed E-state index contributed by atoms with van der Waals surface area (Å²) >= 11 is 0. The number of carbonyl (C=O) groups excluding carboxylic acids is 2. The summed E-state index contributed by atoms with van der Waals surface area (Å²) in [5, 5.41) is 4.53. The van der Waals surface area contributed by atoms with Crippen molar-refractivity contribution in [3.05, 3.63) is 17.0 Å². The zero-order valence-corrected chi connectivity index (χ0v) is 13.3. The van der Waals surface area contributed by atoms with Crippen LogP contribution in [0.25, 0.3) is 0 Å². The average molecular weight is 319 g/mol. The molecule has 124 valence electrons. The summed E-state index contributed by atoms with van der Waals surface area (Å²) in [7, 11) is 1.85. The molecule has 23 heavy (non-hydrogen) atoms. The summed E-state index contributed by atoms with van der Waals surface area (Å²) in [6, 6.07) is 0. The number of rotatable bonds is 1. The Morgan fingerprint density at radius 1 is 1.22 bits per heavy atom. The average Bonchev–Trinajstić information content (AvgIpc) is 3.07. The van der Waals surface area contributed by atoms with Crippen molar-refractivity contribution in [2.45, 2.75) is 44.1 Å². The lowest BCUT2D eigenvalue weighted by Crippen LogP contribution is -2.48. The fourth-order valence-corrected chi connectivity index (χ4v) is 3.89. The molecule has 0 atom stereocenters. The number of amides is 1. The number of carbonyl (C=O) groups is 2. The third-order valence-electron chi connectivity index (χ3n) is 5.24. The number of nitrogens with zero attached hydrogens (tertiary/aromatic N) is 3. The van der Waals surface area contributed by atoms with Crippen LogP contribution in [0.4, 0.5) is 4.79 Å². The second-order valence-corrected chi connectivity index (χ2v) is 6.72. The van der Waals surface area contributed by atoms with Gasteiger partial charge in [-0.3, -0.25) is 9.48 Å². The molecule has 7 heteroatoms. The van der Waals surface area contributed by atoms with E-state index in [4.69, 9.17) is 9.47 Å². The first-order valence-electron chi connectivity index (χ1n) is 8.28. The first-order valence-corrected chi connectivity index (χ1v) is 8.28. The number of aryl methyl sites for hydroxylation is 2. The molecule has 0 N–H and O–H groups in total. The molecule has 1 aromatic rings. The molecule has 1 amide bonds. The van der Waals surface area contributed by atoms with Gasteiger partial charge in [0, 0.05) is 38.5 Å². The van der Waals surface area contributed by atoms with Gasteiger partial charge in [-0.25, -0.2) is 4.79 Å². The molecule has 1 spiro atoms. The van der Waals surface area contributed by atoms with E-state index in [9.17, 15) is 9.59 Å². The van der Waals surface area contributed by atoms with Gasteiger partial charge in [0.25, 0.3) is 5.91 Å². The second-order valence-electron chi connectivity index (χ2n) is 6.72. The van der Waals surface area contributed by atoms with Crippen molar-refractivity contribution >= 4 is 12.1 Å². The standard InChI is InChI=1S/C16H21N3O4/c1-18-13(11-4-2-3-5-12(11)17-18)14(20)19-8-6-16(7-9-19)10-22-15(21)23-16/h2-10H2,1H3. The van der Waals surface area contributed by atoms with Crippen LogP contribution in [0.2, 0.25) is 0 Å². The lowest BCUT2D eigenvalue weighted by Gasteiger charge is -2.36. The summed E-state index contributed by atoms with van der Waals surface area (Å²) in [5.41, 5.74) is 2.41. The molecule has 0 bridgehead atoms. The smallest absolute Gasteiger partial charge is 0.430 e. The van der Waals surface area contributed by atoms with E-state index in [1.165, 1.54) is 0 Å². The number of hydrogen-bond donors (Lipinski definition) is 0. The molecule has 4 rings (SSSR count). The Kier molecular flexibility index (Phi) is 3.32. The zero-order valence-electron chi connectivity index (χ0n) is 13.3. The first kappa shape index (κ1) is 14.5. The SMILES string of the molecule is Cn1nc2c(c1C(=O)N1CCC3(CC1)COC(=O)O3)CCCC2. The predicted octanol–water partition coefficient (Wildman–Crippen LogP) is 1.44. The highest BCUT2D eigenvalue weighted by molar-refractivity contribution is 5.94. The van der Waals surface area contributed by atoms with Gasteiger partial charge in [-0.15, -0.1) is 0 Å². The minimum absolute atomic E-state index is 0.0447. The van der Waals surface area contributed by atoms with E-state index in [1.807, 2.05) is 11.9 Å². The third kappa shape index (κ3) is 2.38. The molecule has 2 aliphatic heterocycles. The van der Waals surface area contributed by atoms with E-state index in [2.05, 4.69) is 5.10 Å². The van der Waals surface area contributed by atoms with Crippen LogP contribution in [0.3, 0.4) is 0 Å². The van der Waals surface area contributed by atoms with Crippen molar-refractivity contribution in [2.24, 2.45) is 7.05 Å². The number of hydrogen-bond acceptors (Lipinski definition) is 5. The Hall–Kier alpha value is -2.05. The van der Waals surface area contributed by atoms with Crippen molar-refractivity contribution in [3.8, 4) is 0 Å². The molecule has 0 radical (unpaired) electrons. The molecular formula is C16H21N3O4. The van der Waals surface area contributed by atoms with Gasteiger partial charge in [-0.05, 0) is 25.7 Å². The highest BCUT2D eigenvalue weighted by Gasteiger charge is 2.45. The topological polar surface area (TPSA) is 73.7 Å². The molecular weight excluding hydrogens is 298 g/mol. The molecule has 0 saturated carbocycles. The number of fused-ring (bicyclic) bond motifs is 1. The van der Waals surface area contributed by atoms with Crippen molar-refractivity contribution < 1.29 is 19.1 Å². The Labute approximate surface area is 134 Å². The normalized spacial score (nSPS) is 22.7. The minimum Gasteiger partial charge on any atom is -0.430 e. The zero-order chi connectivity index (χ0) is 16.0. The summed E-state index contributed by atoms with van der Waals surface area (Å²) < 4.78 is 12.0. The highest BCUT2D eigenvalue weighted by Crippen LogP contribution is 2.33. The van der Waals surface area contributed by atoms with Crippen LogP contribution in [0.5, 0.6) is 0 Å². The lowest BCUT2D eigenvalue weighted by atomic mass is 9.91. The number of ether oxygens (including phenoxy) is 2. The number of aromatic nitrogens is 2. The van der Waals surface area contributed by atoms with Crippen LogP contribution in [0, 0.1) is 0 Å². The van der Waals surface area contributed by atoms with Gasteiger partial charge in [-0.2, -0.15) is 5.10 Å². The number of piperidine rings is 1.